The van der Waals surface area contributed by atoms with E-state index >= 15 is 0 Å². The van der Waals surface area contributed by atoms with Crippen LogP contribution in [0.1, 0.15) is 27.9 Å². The van der Waals surface area contributed by atoms with Crippen LogP contribution in [0.2, 0.25) is 0 Å². The van der Waals surface area contributed by atoms with Crippen LogP contribution < -0.4 is 5.73 Å². The van der Waals surface area contributed by atoms with E-state index in [9.17, 15) is 4.79 Å². The van der Waals surface area contributed by atoms with E-state index in [2.05, 4.69) is 12.1 Å². The number of hydrogen-bond donors (Lipinski definition) is 2. The lowest BCUT2D eigenvalue weighted by molar-refractivity contribution is 0.0698. The fourth-order valence-electron chi connectivity index (χ4n) is 2.10. The van der Waals surface area contributed by atoms with Crippen LogP contribution in [0.4, 0.5) is 5.69 Å². The normalized spacial score (nSPS) is 10.3. The lowest BCUT2D eigenvalue weighted by Gasteiger charge is -2.05. The number of carboxylic acid groups (broad SMARTS) is 1. The zero-order chi connectivity index (χ0) is 13.7. The van der Waals surface area contributed by atoms with E-state index < -0.39 is 5.97 Å². The van der Waals surface area contributed by atoms with Gasteiger partial charge in [-0.1, -0.05) is 36.4 Å². The Balaban J connectivity index is 1.93. The number of anilines is 1. The zero-order valence-corrected chi connectivity index (χ0v) is 10.7. The van der Waals surface area contributed by atoms with E-state index in [0.29, 0.717) is 5.69 Å². The number of carbonyl (C=O) groups is 1. The molecule has 2 aromatic rings. The molecule has 0 spiro atoms. The largest absolute Gasteiger partial charge is 0.478 e. The molecule has 0 saturated heterocycles. The molecule has 2 aromatic carbocycles. The number of benzene rings is 2. The Morgan fingerprint density at radius 2 is 1.68 bits per heavy atom. The van der Waals surface area contributed by atoms with Gasteiger partial charge in [-0.25, -0.2) is 4.79 Å². The smallest absolute Gasteiger partial charge is 0.337 e. The van der Waals surface area contributed by atoms with Gasteiger partial charge >= 0.3 is 5.97 Å². The molecule has 3 N–H and O–H groups in total. The van der Waals surface area contributed by atoms with Gasteiger partial charge in [0, 0.05) is 5.69 Å². The third kappa shape index (κ3) is 3.58. The molecular weight excluding hydrogens is 238 g/mol. The Hall–Kier alpha value is -2.29. The minimum Gasteiger partial charge on any atom is -0.478 e. The number of nitrogen functional groups attached to an aromatic ring is 1. The van der Waals surface area contributed by atoms with E-state index in [1.54, 1.807) is 12.1 Å². The van der Waals surface area contributed by atoms with Crippen molar-refractivity contribution in [3.05, 3.63) is 65.2 Å². The van der Waals surface area contributed by atoms with Gasteiger partial charge in [0.25, 0.3) is 0 Å². The molecule has 0 aliphatic carbocycles. The molecule has 0 bridgehead atoms. The summed E-state index contributed by atoms with van der Waals surface area (Å²) in [6.07, 6.45) is 2.94. The number of hydrogen-bond acceptors (Lipinski definition) is 2. The van der Waals surface area contributed by atoms with E-state index in [1.165, 1.54) is 5.56 Å². The van der Waals surface area contributed by atoms with Gasteiger partial charge in [-0.05, 0) is 42.5 Å². The summed E-state index contributed by atoms with van der Waals surface area (Å²) in [6, 6.07) is 15.5. The Kier molecular flexibility index (Phi) is 4.18. The van der Waals surface area contributed by atoms with Crippen molar-refractivity contribution in [2.75, 3.05) is 5.73 Å². The summed E-state index contributed by atoms with van der Waals surface area (Å²) in [4.78, 5) is 10.9. The summed E-state index contributed by atoms with van der Waals surface area (Å²) in [5, 5.41) is 8.90. The van der Waals surface area contributed by atoms with Gasteiger partial charge in [0.1, 0.15) is 0 Å². The Morgan fingerprint density at radius 1 is 1.00 bits per heavy atom. The molecular formula is C16H17NO2. The summed E-state index contributed by atoms with van der Waals surface area (Å²) < 4.78 is 0. The van der Waals surface area contributed by atoms with Gasteiger partial charge in [0.15, 0.2) is 0 Å². The Morgan fingerprint density at radius 3 is 2.32 bits per heavy atom. The van der Waals surface area contributed by atoms with Gasteiger partial charge in [0.05, 0.1) is 5.56 Å². The highest BCUT2D eigenvalue weighted by molar-refractivity contribution is 5.93. The molecule has 0 aliphatic heterocycles. The first kappa shape index (κ1) is 13.1. The van der Waals surface area contributed by atoms with Crippen LogP contribution in [0.3, 0.4) is 0 Å². The molecule has 0 amide bonds. The minimum absolute atomic E-state index is 0.173. The molecule has 19 heavy (non-hydrogen) atoms. The van der Waals surface area contributed by atoms with E-state index in [1.807, 2.05) is 24.3 Å². The SMILES string of the molecule is Nc1cc(CCCc2ccccc2)ccc1C(=O)O. The molecule has 0 aliphatic rings. The molecule has 98 valence electrons. The van der Waals surface area contributed by atoms with Crippen molar-refractivity contribution in [3.63, 3.8) is 0 Å². The molecule has 3 heteroatoms. The number of rotatable bonds is 5. The molecule has 0 atom stereocenters. The second kappa shape index (κ2) is 6.05. The minimum atomic E-state index is -0.978. The number of nitrogens with two attached hydrogens (primary N) is 1. The van der Waals surface area contributed by atoms with Gasteiger partial charge in [-0.3, -0.25) is 0 Å². The summed E-state index contributed by atoms with van der Waals surface area (Å²) in [5.74, 6) is -0.978. The van der Waals surface area contributed by atoms with Crippen LogP contribution in [0.15, 0.2) is 48.5 Å². The first-order chi connectivity index (χ1) is 9.16. The van der Waals surface area contributed by atoms with Crippen molar-refractivity contribution in [1.82, 2.24) is 0 Å². The average molecular weight is 255 g/mol. The second-order valence-electron chi connectivity index (χ2n) is 4.57. The number of carboxylic acids is 1. The lowest BCUT2D eigenvalue weighted by atomic mass is 10.0. The van der Waals surface area contributed by atoms with Crippen molar-refractivity contribution in [2.24, 2.45) is 0 Å². The summed E-state index contributed by atoms with van der Waals surface area (Å²) in [5.41, 5.74) is 8.63. The fraction of sp³-hybridized carbons (Fsp3) is 0.188. The third-order valence-electron chi connectivity index (χ3n) is 3.12. The van der Waals surface area contributed by atoms with Crippen molar-refractivity contribution in [3.8, 4) is 0 Å². The molecule has 3 nitrogen and oxygen atoms in total. The van der Waals surface area contributed by atoms with Crippen LogP contribution in [0, 0.1) is 0 Å². The van der Waals surface area contributed by atoms with Crippen molar-refractivity contribution in [2.45, 2.75) is 19.3 Å². The standard InChI is InChI=1S/C16H17NO2/c17-15-11-13(9-10-14(15)16(18)19)8-4-7-12-5-2-1-3-6-12/h1-3,5-6,9-11H,4,7-8,17H2,(H,18,19). The predicted octanol–water partition coefficient (Wildman–Crippen LogP) is 3.14. The molecule has 0 fully saturated rings. The van der Waals surface area contributed by atoms with Crippen molar-refractivity contribution >= 4 is 11.7 Å². The first-order valence-electron chi connectivity index (χ1n) is 6.32. The maximum absolute atomic E-state index is 10.9. The molecule has 0 unspecified atom stereocenters. The first-order valence-corrected chi connectivity index (χ1v) is 6.32. The van der Waals surface area contributed by atoms with Crippen LogP contribution >= 0.6 is 0 Å². The molecule has 0 saturated carbocycles. The van der Waals surface area contributed by atoms with Gasteiger partial charge in [-0.2, -0.15) is 0 Å². The molecule has 2 rings (SSSR count). The van der Waals surface area contributed by atoms with Crippen LogP contribution in [-0.2, 0) is 12.8 Å². The van der Waals surface area contributed by atoms with E-state index in [0.717, 1.165) is 24.8 Å². The Labute approximate surface area is 112 Å². The summed E-state index contributed by atoms with van der Waals surface area (Å²) in [7, 11) is 0. The predicted molar refractivity (Wildman–Crippen MR) is 76.3 cm³/mol. The molecule has 0 heterocycles. The van der Waals surface area contributed by atoms with Crippen LogP contribution in [0.25, 0.3) is 0 Å². The summed E-state index contributed by atoms with van der Waals surface area (Å²) in [6.45, 7) is 0. The van der Waals surface area contributed by atoms with Gasteiger partial charge in [0.2, 0.25) is 0 Å². The summed E-state index contributed by atoms with van der Waals surface area (Å²) >= 11 is 0. The monoisotopic (exact) mass is 255 g/mol. The second-order valence-corrected chi connectivity index (χ2v) is 4.57. The van der Waals surface area contributed by atoms with Crippen LogP contribution in [0.5, 0.6) is 0 Å². The highest BCUT2D eigenvalue weighted by atomic mass is 16.4. The highest BCUT2D eigenvalue weighted by Crippen LogP contribution is 2.16. The van der Waals surface area contributed by atoms with Gasteiger partial charge < -0.3 is 10.8 Å². The van der Waals surface area contributed by atoms with Crippen molar-refractivity contribution < 1.29 is 9.90 Å². The zero-order valence-electron chi connectivity index (χ0n) is 10.7. The van der Waals surface area contributed by atoms with Crippen molar-refractivity contribution in [1.29, 1.82) is 0 Å². The number of aryl methyl sites for hydroxylation is 2. The van der Waals surface area contributed by atoms with E-state index in [-0.39, 0.29) is 5.56 Å². The van der Waals surface area contributed by atoms with Gasteiger partial charge in [-0.15, -0.1) is 0 Å². The molecule has 0 aromatic heterocycles. The quantitative estimate of drug-likeness (QED) is 0.807. The third-order valence-corrected chi connectivity index (χ3v) is 3.12. The lowest BCUT2D eigenvalue weighted by Crippen LogP contribution is -2.03. The topological polar surface area (TPSA) is 63.3 Å². The maximum Gasteiger partial charge on any atom is 0.337 e. The fourth-order valence-corrected chi connectivity index (χ4v) is 2.10. The Bertz CT molecular complexity index is 564. The van der Waals surface area contributed by atoms with Crippen LogP contribution in [-0.4, -0.2) is 11.1 Å². The molecule has 0 radical (unpaired) electrons. The maximum atomic E-state index is 10.9. The highest BCUT2D eigenvalue weighted by Gasteiger charge is 2.07. The number of aromatic carboxylic acids is 1. The van der Waals surface area contributed by atoms with E-state index in [4.69, 9.17) is 10.8 Å². The average Bonchev–Trinajstić information content (AvgIpc) is 2.39.